The first-order valence-corrected chi connectivity index (χ1v) is 9.75. The molecule has 0 spiro atoms. The van der Waals surface area contributed by atoms with Crippen molar-refractivity contribution in [3.63, 3.8) is 0 Å². The Kier molecular flexibility index (Phi) is 7.29. The lowest BCUT2D eigenvalue weighted by Gasteiger charge is -2.12. The number of methoxy groups -OCH3 is 1. The van der Waals surface area contributed by atoms with Crippen molar-refractivity contribution in [1.29, 1.82) is 5.26 Å². The number of carbonyl (C=O) groups is 2. The van der Waals surface area contributed by atoms with Crippen molar-refractivity contribution < 1.29 is 29.3 Å². The van der Waals surface area contributed by atoms with Gasteiger partial charge in [-0.1, -0.05) is 18.2 Å². The third-order valence-electron chi connectivity index (χ3n) is 4.56. The van der Waals surface area contributed by atoms with Gasteiger partial charge in [0.2, 0.25) is 0 Å². The summed E-state index contributed by atoms with van der Waals surface area (Å²) in [6.45, 7) is 0.130. The molecule has 0 bridgehead atoms. The van der Waals surface area contributed by atoms with Crippen LogP contribution in [0.3, 0.4) is 0 Å². The number of amides is 1. The minimum atomic E-state index is -1.02. The summed E-state index contributed by atoms with van der Waals surface area (Å²) in [5.74, 6) is -0.751. The Hall–Kier alpha value is -4.77. The molecule has 3 aromatic rings. The van der Waals surface area contributed by atoms with E-state index in [0.717, 1.165) is 0 Å². The number of hydrogen-bond acceptors (Lipinski definition) is 6. The van der Waals surface area contributed by atoms with Gasteiger partial charge in [0.05, 0.1) is 12.7 Å². The summed E-state index contributed by atoms with van der Waals surface area (Å²) >= 11 is 0. The monoisotopic (exact) mass is 444 g/mol. The summed E-state index contributed by atoms with van der Waals surface area (Å²) < 4.78 is 11.1. The highest BCUT2D eigenvalue weighted by atomic mass is 16.5. The Morgan fingerprint density at radius 2 is 1.82 bits per heavy atom. The lowest BCUT2D eigenvalue weighted by Crippen LogP contribution is -2.13. The predicted molar refractivity (Wildman–Crippen MR) is 121 cm³/mol. The number of rotatable bonds is 8. The molecule has 0 aromatic heterocycles. The maximum absolute atomic E-state index is 12.4. The van der Waals surface area contributed by atoms with Crippen LogP contribution < -0.4 is 14.8 Å². The van der Waals surface area contributed by atoms with Crippen molar-refractivity contribution in [2.45, 2.75) is 6.61 Å². The highest BCUT2D eigenvalue weighted by molar-refractivity contribution is 6.09. The summed E-state index contributed by atoms with van der Waals surface area (Å²) in [7, 11) is 1.46. The standard InChI is InChI=1S/C25H20N2O6/c1-32-23-13-16(11-19(14-26)24(29)27-20-6-8-21(28)9-7-20)5-10-22(23)33-15-17-3-2-4-18(12-17)25(30)31/h2-13,28H,15H2,1H3,(H,27,29)(H,30,31)/b19-11-. The number of anilines is 1. The number of phenols is 1. The van der Waals surface area contributed by atoms with E-state index >= 15 is 0 Å². The number of benzene rings is 3. The van der Waals surface area contributed by atoms with Gasteiger partial charge in [-0.25, -0.2) is 4.79 Å². The molecule has 0 fully saturated rings. The molecule has 8 nitrogen and oxygen atoms in total. The van der Waals surface area contributed by atoms with Gasteiger partial charge in [-0.2, -0.15) is 5.26 Å². The van der Waals surface area contributed by atoms with E-state index in [9.17, 15) is 20.0 Å². The van der Waals surface area contributed by atoms with Crippen LogP contribution >= 0.6 is 0 Å². The van der Waals surface area contributed by atoms with Crippen molar-refractivity contribution in [3.05, 3.63) is 89.0 Å². The van der Waals surface area contributed by atoms with Crippen molar-refractivity contribution in [2.24, 2.45) is 0 Å². The normalized spacial score (nSPS) is 10.7. The number of phenolic OH excluding ortho intramolecular Hbond substituents is 1. The Balaban J connectivity index is 1.74. The van der Waals surface area contributed by atoms with E-state index in [1.165, 1.54) is 49.6 Å². The first-order valence-electron chi connectivity index (χ1n) is 9.75. The highest BCUT2D eigenvalue weighted by Crippen LogP contribution is 2.30. The number of carboxylic acid groups (broad SMARTS) is 1. The molecular weight excluding hydrogens is 424 g/mol. The van der Waals surface area contributed by atoms with Crippen molar-refractivity contribution in [1.82, 2.24) is 0 Å². The van der Waals surface area contributed by atoms with Crippen LogP contribution in [0.5, 0.6) is 17.2 Å². The fraction of sp³-hybridized carbons (Fsp3) is 0.0800. The Bertz CT molecular complexity index is 1240. The first-order chi connectivity index (χ1) is 15.9. The number of nitrogens with zero attached hydrogens (tertiary/aromatic N) is 1. The average molecular weight is 444 g/mol. The molecule has 0 aliphatic carbocycles. The van der Waals surface area contributed by atoms with Crippen LogP contribution in [-0.2, 0) is 11.4 Å². The van der Waals surface area contributed by atoms with Crippen LogP contribution in [0, 0.1) is 11.3 Å². The van der Waals surface area contributed by atoms with E-state index in [4.69, 9.17) is 14.6 Å². The Morgan fingerprint density at radius 1 is 1.06 bits per heavy atom. The Morgan fingerprint density at radius 3 is 2.48 bits per heavy atom. The van der Waals surface area contributed by atoms with Gasteiger partial charge < -0.3 is 25.0 Å². The molecule has 3 aromatic carbocycles. The average Bonchev–Trinajstić information content (AvgIpc) is 2.83. The maximum Gasteiger partial charge on any atom is 0.335 e. The number of ether oxygens (including phenoxy) is 2. The molecule has 0 aliphatic rings. The van der Waals surface area contributed by atoms with Gasteiger partial charge in [0.15, 0.2) is 11.5 Å². The second kappa shape index (κ2) is 10.5. The summed E-state index contributed by atoms with van der Waals surface area (Å²) in [5, 5.41) is 30.4. The number of nitriles is 1. The van der Waals surface area contributed by atoms with Crippen LogP contribution in [0.25, 0.3) is 6.08 Å². The molecule has 0 aliphatic heterocycles. The fourth-order valence-corrected chi connectivity index (χ4v) is 2.91. The van der Waals surface area contributed by atoms with Gasteiger partial charge >= 0.3 is 5.97 Å². The molecule has 3 N–H and O–H groups in total. The second-order valence-electron chi connectivity index (χ2n) is 6.88. The van der Waals surface area contributed by atoms with E-state index in [1.807, 2.05) is 6.07 Å². The number of hydrogen-bond donors (Lipinski definition) is 3. The zero-order valence-electron chi connectivity index (χ0n) is 17.6. The van der Waals surface area contributed by atoms with Gasteiger partial charge in [0, 0.05) is 5.69 Å². The zero-order chi connectivity index (χ0) is 23.8. The Labute approximate surface area is 189 Å². The molecule has 33 heavy (non-hydrogen) atoms. The summed E-state index contributed by atoms with van der Waals surface area (Å²) in [6, 6.07) is 19.1. The largest absolute Gasteiger partial charge is 0.508 e. The minimum Gasteiger partial charge on any atom is -0.508 e. The van der Waals surface area contributed by atoms with Crippen LogP contribution in [0.15, 0.2) is 72.3 Å². The van der Waals surface area contributed by atoms with Crippen molar-refractivity contribution in [3.8, 4) is 23.3 Å². The van der Waals surface area contributed by atoms with E-state index in [0.29, 0.717) is 28.3 Å². The smallest absolute Gasteiger partial charge is 0.335 e. The van der Waals surface area contributed by atoms with Crippen molar-refractivity contribution >= 4 is 23.6 Å². The maximum atomic E-state index is 12.4. The first kappa shape index (κ1) is 22.9. The topological polar surface area (TPSA) is 129 Å². The molecule has 0 atom stereocenters. The van der Waals surface area contributed by atoms with Crippen LogP contribution in [0.4, 0.5) is 5.69 Å². The van der Waals surface area contributed by atoms with Gasteiger partial charge in [-0.05, 0) is 65.7 Å². The van der Waals surface area contributed by atoms with Gasteiger partial charge in [-0.3, -0.25) is 4.79 Å². The van der Waals surface area contributed by atoms with Crippen LogP contribution in [0.2, 0.25) is 0 Å². The summed E-state index contributed by atoms with van der Waals surface area (Å²) in [6.07, 6.45) is 1.42. The van der Waals surface area contributed by atoms with E-state index in [1.54, 1.807) is 30.3 Å². The molecule has 166 valence electrons. The number of carbonyl (C=O) groups excluding carboxylic acids is 1. The third-order valence-corrected chi connectivity index (χ3v) is 4.56. The second-order valence-corrected chi connectivity index (χ2v) is 6.88. The number of aromatic carboxylic acids is 1. The zero-order valence-corrected chi connectivity index (χ0v) is 17.6. The SMILES string of the molecule is COc1cc(/C=C(/C#N)C(=O)Nc2ccc(O)cc2)ccc1OCc1cccc(C(=O)O)c1. The molecule has 8 heteroatoms. The third kappa shape index (κ3) is 6.12. The molecule has 0 unspecified atom stereocenters. The van der Waals surface area contributed by atoms with Crippen LogP contribution in [-0.4, -0.2) is 29.2 Å². The molecule has 0 saturated carbocycles. The number of aromatic hydroxyl groups is 1. The van der Waals surface area contributed by atoms with E-state index in [2.05, 4.69) is 5.32 Å². The molecule has 0 radical (unpaired) electrons. The molecule has 0 saturated heterocycles. The highest BCUT2D eigenvalue weighted by Gasteiger charge is 2.12. The lowest BCUT2D eigenvalue weighted by atomic mass is 10.1. The molecule has 3 rings (SSSR count). The minimum absolute atomic E-state index is 0.0630. The quantitative estimate of drug-likeness (QED) is 0.269. The van der Waals surface area contributed by atoms with Crippen LogP contribution in [0.1, 0.15) is 21.5 Å². The molecule has 0 heterocycles. The summed E-state index contributed by atoms with van der Waals surface area (Å²) in [4.78, 5) is 23.5. The lowest BCUT2D eigenvalue weighted by molar-refractivity contribution is -0.112. The number of carboxylic acids is 1. The predicted octanol–water partition coefficient (Wildman–Crippen LogP) is 4.22. The van der Waals surface area contributed by atoms with E-state index in [-0.39, 0.29) is 23.5 Å². The molecular formula is C25H20N2O6. The number of nitrogens with one attached hydrogen (secondary N) is 1. The van der Waals surface area contributed by atoms with E-state index < -0.39 is 11.9 Å². The van der Waals surface area contributed by atoms with Gasteiger partial charge in [0.1, 0.15) is 24.0 Å². The fourth-order valence-electron chi connectivity index (χ4n) is 2.91. The van der Waals surface area contributed by atoms with Gasteiger partial charge in [-0.15, -0.1) is 0 Å². The molecule has 1 amide bonds. The van der Waals surface area contributed by atoms with Gasteiger partial charge in [0.25, 0.3) is 5.91 Å². The summed E-state index contributed by atoms with van der Waals surface area (Å²) in [5.41, 5.74) is 1.71. The van der Waals surface area contributed by atoms with Crippen molar-refractivity contribution in [2.75, 3.05) is 12.4 Å².